The predicted molar refractivity (Wildman–Crippen MR) is 86.0 cm³/mol. The number of aromatic nitrogens is 3. The Morgan fingerprint density at radius 3 is 2.36 bits per heavy atom. The smallest absolute Gasteiger partial charge is 0.343 e. The summed E-state index contributed by atoms with van der Waals surface area (Å²) in [6.45, 7) is 1.11. The summed E-state index contributed by atoms with van der Waals surface area (Å²) in [5.74, 6) is -3.17. The Balaban J connectivity index is 2.33. The first-order chi connectivity index (χ1) is 12.8. The van der Waals surface area contributed by atoms with Gasteiger partial charge in [-0.25, -0.2) is 14.1 Å². The van der Waals surface area contributed by atoms with E-state index in [9.17, 15) is 35.5 Å². The molecule has 0 aliphatic carbocycles. The third-order valence-electron chi connectivity index (χ3n) is 3.33. The summed E-state index contributed by atoms with van der Waals surface area (Å²) in [6, 6.07) is 1.89. The van der Waals surface area contributed by atoms with E-state index in [1.807, 2.05) is 0 Å². The number of hydrogen-bond acceptors (Lipinski definition) is 4. The topological polar surface area (TPSA) is 59.8 Å². The Morgan fingerprint density at radius 1 is 1.14 bits per heavy atom. The van der Waals surface area contributed by atoms with Gasteiger partial charge in [-0.2, -0.15) is 26.3 Å². The van der Waals surface area contributed by atoms with Gasteiger partial charge in [0, 0.05) is 5.56 Å². The fraction of sp³-hybridized carbons (Fsp3) is 0.400. The number of amides is 1. The Kier molecular flexibility index (Phi) is 6.26. The van der Waals surface area contributed by atoms with Crippen LogP contribution in [-0.2, 0) is 0 Å². The van der Waals surface area contributed by atoms with Crippen molar-refractivity contribution in [3.8, 4) is 5.69 Å². The normalized spacial score (nSPS) is 12.3. The molecule has 0 fully saturated rings. The average Bonchev–Trinajstić information content (AvgIpc) is 2.90. The van der Waals surface area contributed by atoms with Gasteiger partial charge in [-0.3, -0.25) is 4.79 Å². The third-order valence-corrected chi connectivity index (χ3v) is 4.23. The summed E-state index contributed by atoms with van der Waals surface area (Å²) in [7, 11) is 0. The molecule has 0 unspecified atom stereocenters. The lowest BCUT2D eigenvalue weighted by Crippen LogP contribution is -2.34. The first kappa shape index (κ1) is 22.0. The number of aryl methyl sites for hydroxylation is 2. The first-order valence-electron chi connectivity index (χ1n) is 7.55. The number of benzene rings is 1. The van der Waals surface area contributed by atoms with Crippen molar-refractivity contribution in [2.24, 2.45) is 0 Å². The molecule has 0 saturated heterocycles. The van der Waals surface area contributed by atoms with E-state index < -0.39 is 36.4 Å². The van der Waals surface area contributed by atoms with Crippen LogP contribution in [0.5, 0.6) is 0 Å². The van der Waals surface area contributed by atoms with Crippen molar-refractivity contribution in [1.29, 1.82) is 0 Å². The van der Waals surface area contributed by atoms with E-state index in [4.69, 9.17) is 0 Å². The van der Waals surface area contributed by atoms with Crippen LogP contribution in [0.25, 0.3) is 5.69 Å². The molecule has 0 bridgehead atoms. The first-order valence-corrected chi connectivity index (χ1v) is 8.54. The van der Waals surface area contributed by atoms with Crippen molar-refractivity contribution < 1.29 is 35.5 Å². The zero-order chi connectivity index (χ0) is 21.3. The van der Waals surface area contributed by atoms with Gasteiger partial charge in [-0.1, -0.05) is 11.8 Å². The Bertz CT molecular complexity index is 876. The molecular weight excluding hydrogens is 417 g/mol. The fourth-order valence-electron chi connectivity index (χ4n) is 2.15. The molecule has 0 radical (unpaired) electrons. The molecular formula is C15H13F7N4OS. The number of halogens is 7. The number of hydrogen-bond donors (Lipinski definition) is 1. The Hall–Kier alpha value is -2.31. The minimum absolute atomic E-state index is 0.0362. The lowest BCUT2D eigenvalue weighted by Gasteiger charge is -2.12. The predicted octanol–water partition coefficient (Wildman–Crippen LogP) is 3.97. The van der Waals surface area contributed by atoms with Crippen molar-refractivity contribution in [3.05, 3.63) is 34.9 Å². The van der Waals surface area contributed by atoms with Crippen LogP contribution in [0.1, 0.15) is 21.7 Å². The van der Waals surface area contributed by atoms with Crippen molar-refractivity contribution in [1.82, 2.24) is 20.1 Å². The number of alkyl halides is 6. The second-order valence-corrected chi connectivity index (χ2v) is 6.62. The number of carbonyl (C=O) groups is 1. The molecule has 1 N–H and O–H groups in total. The molecule has 28 heavy (non-hydrogen) atoms. The van der Waals surface area contributed by atoms with Crippen LogP contribution in [0.3, 0.4) is 0 Å². The minimum atomic E-state index is -4.63. The van der Waals surface area contributed by atoms with Gasteiger partial charge in [0.25, 0.3) is 5.91 Å². The second kappa shape index (κ2) is 7.97. The van der Waals surface area contributed by atoms with Crippen LogP contribution >= 0.6 is 11.8 Å². The highest BCUT2D eigenvalue weighted by Crippen LogP contribution is 2.27. The summed E-state index contributed by atoms with van der Waals surface area (Å²) < 4.78 is 89.0. The second-order valence-electron chi connectivity index (χ2n) is 5.67. The van der Waals surface area contributed by atoms with Crippen molar-refractivity contribution in [3.63, 3.8) is 0 Å². The summed E-state index contributed by atoms with van der Waals surface area (Å²) in [5, 5.41) is 5.18. The number of nitrogens with one attached hydrogen (secondary N) is 1. The van der Waals surface area contributed by atoms with Crippen LogP contribution in [0.2, 0.25) is 0 Å². The van der Waals surface area contributed by atoms with Gasteiger partial charge < -0.3 is 5.32 Å². The van der Waals surface area contributed by atoms with Gasteiger partial charge in [0.15, 0.2) is 0 Å². The molecule has 0 saturated carbocycles. The Morgan fingerprint density at radius 2 is 1.79 bits per heavy atom. The molecule has 13 heteroatoms. The zero-order valence-electron chi connectivity index (χ0n) is 14.4. The Labute approximate surface area is 158 Å². The van der Waals surface area contributed by atoms with Gasteiger partial charge >= 0.3 is 12.4 Å². The molecule has 1 amide bonds. The van der Waals surface area contributed by atoms with Crippen molar-refractivity contribution in [2.45, 2.75) is 31.4 Å². The average molecular weight is 430 g/mol. The van der Waals surface area contributed by atoms with Crippen LogP contribution < -0.4 is 5.32 Å². The molecule has 5 nitrogen and oxygen atoms in total. The van der Waals surface area contributed by atoms with E-state index in [0.717, 1.165) is 16.8 Å². The highest BCUT2D eigenvalue weighted by molar-refractivity contribution is 7.99. The molecule has 1 aromatic carbocycles. The van der Waals surface area contributed by atoms with Gasteiger partial charge in [-0.05, 0) is 31.5 Å². The van der Waals surface area contributed by atoms with Crippen molar-refractivity contribution >= 4 is 17.7 Å². The highest BCUT2D eigenvalue weighted by Gasteiger charge is 2.29. The quantitative estimate of drug-likeness (QED) is 0.576. The van der Waals surface area contributed by atoms with Gasteiger partial charge in [0.05, 0.1) is 5.75 Å². The van der Waals surface area contributed by atoms with E-state index >= 15 is 0 Å². The largest absolute Gasteiger partial charge is 0.405 e. The monoisotopic (exact) mass is 430 g/mol. The minimum Gasteiger partial charge on any atom is -0.343 e. The molecule has 154 valence electrons. The molecule has 2 rings (SSSR count). The van der Waals surface area contributed by atoms with Gasteiger partial charge in [0.1, 0.15) is 23.9 Å². The standard InChI is InChI=1S/C15H13F7N4OS/c1-7-3-10(16)11(4-9(7)12(27)23-5-14(17,18)19)26-8(2)24-13(25-26)28-6-15(20,21)22/h3-4H,5-6H2,1-2H3,(H,23,27). The molecule has 2 aromatic rings. The van der Waals surface area contributed by atoms with E-state index in [-0.39, 0.29) is 27.8 Å². The maximum absolute atomic E-state index is 14.3. The summed E-state index contributed by atoms with van der Waals surface area (Å²) in [4.78, 5) is 15.8. The lowest BCUT2D eigenvalue weighted by molar-refractivity contribution is -0.123. The van der Waals surface area contributed by atoms with E-state index in [1.54, 1.807) is 5.32 Å². The maximum atomic E-state index is 14.3. The SMILES string of the molecule is Cc1cc(F)c(-n2nc(SCC(F)(F)F)nc2C)cc1C(=O)NCC(F)(F)F. The molecule has 1 aromatic heterocycles. The summed E-state index contributed by atoms with van der Waals surface area (Å²) >= 11 is 0.293. The van der Waals surface area contributed by atoms with Gasteiger partial charge in [0.2, 0.25) is 5.16 Å². The number of nitrogens with zero attached hydrogens (tertiary/aromatic N) is 3. The molecule has 1 heterocycles. The molecule has 0 aliphatic heterocycles. The van der Waals surface area contributed by atoms with Crippen LogP contribution in [0.4, 0.5) is 30.7 Å². The molecule has 0 spiro atoms. The number of rotatable bonds is 5. The summed E-state index contributed by atoms with van der Waals surface area (Å²) in [6.07, 6.45) is -9.08. The summed E-state index contributed by atoms with van der Waals surface area (Å²) in [5.41, 5.74) is -0.489. The third kappa shape index (κ3) is 5.84. The molecule has 0 aliphatic rings. The van der Waals surface area contributed by atoms with Crippen LogP contribution in [0.15, 0.2) is 17.3 Å². The van der Waals surface area contributed by atoms with E-state index in [2.05, 4.69) is 10.1 Å². The molecule has 0 atom stereocenters. The zero-order valence-corrected chi connectivity index (χ0v) is 15.2. The van der Waals surface area contributed by atoms with Crippen LogP contribution in [-0.4, -0.2) is 45.3 Å². The lowest BCUT2D eigenvalue weighted by atomic mass is 10.1. The maximum Gasteiger partial charge on any atom is 0.405 e. The fourth-order valence-corrected chi connectivity index (χ4v) is 2.77. The van der Waals surface area contributed by atoms with E-state index in [1.165, 1.54) is 13.8 Å². The van der Waals surface area contributed by atoms with Crippen LogP contribution in [0, 0.1) is 19.7 Å². The van der Waals surface area contributed by atoms with Gasteiger partial charge in [-0.15, -0.1) is 5.10 Å². The van der Waals surface area contributed by atoms with E-state index in [0.29, 0.717) is 11.8 Å². The van der Waals surface area contributed by atoms with Crippen molar-refractivity contribution in [2.75, 3.05) is 12.3 Å². The highest BCUT2D eigenvalue weighted by atomic mass is 32.2. The number of thioether (sulfide) groups is 1. The number of carbonyl (C=O) groups excluding carboxylic acids is 1.